The van der Waals surface area contributed by atoms with E-state index in [1.165, 1.54) is 0 Å². The average molecular weight is 368 g/mol. The maximum atomic E-state index is 11.5. The first-order valence-corrected chi connectivity index (χ1v) is 8.17. The molecule has 0 aliphatic heterocycles. The van der Waals surface area contributed by atoms with Crippen molar-refractivity contribution in [1.29, 1.82) is 0 Å². The second-order valence-electron chi connectivity index (χ2n) is 3.85. The molecule has 5 heteroatoms. The van der Waals surface area contributed by atoms with E-state index in [0.717, 1.165) is 0 Å². The van der Waals surface area contributed by atoms with Gasteiger partial charge in [-0.3, -0.25) is 0 Å². The summed E-state index contributed by atoms with van der Waals surface area (Å²) in [6, 6.07) is 8.43. The van der Waals surface area contributed by atoms with E-state index in [0.29, 0.717) is 16.3 Å². The summed E-state index contributed by atoms with van der Waals surface area (Å²) in [5.41, 5.74) is 0.171. The van der Waals surface area contributed by atoms with Crippen LogP contribution in [0.1, 0.15) is 15.9 Å². The maximum Gasteiger partial charge on any atom is 0.342 e. The monoisotopic (exact) mass is 368 g/mol. The van der Waals surface area contributed by atoms with Crippen molar-refractivity contribution >= 4 is 36.5 Å². The molecule has 0 saturated carbocycles. The second-order valence-corrected chi connectivity index (χ2v) is 6.17. The molecule has 0 radical (unpaired) electrons. The van der Waals surface area contributed by atoms with E-state index >= 15 is 0 Å². The Kier molecular flexibility index (Phi) is 3.81. The zero-order valence-corrected chi connectivity index (χ0v) is 11.9. The topological polar surface area (TPSA) is 71.4 Å². The first-order chi connectivity index (χ1) is 9.06. The molecule has 0 aromatic heterocycles. The number of carboxylic acid groups (broad SMARTS) is 1. The quantitative estimate of drug-likeness (QED) is 0.668. The number of halogens is 1. The lowest BCUT2D eigenvalue weighted by atomic mass is 9.99. The lowest BCUT2D eigenvalue weighted by Gasteiger charge is -2.09. The van der Waals surface area contributed by atoms with Crippen molar-refractivity contribution in [2.24, 2.45) is 0 Å². The van der Waals surface area contributed by atoms with Crippen molar-refractivity contribution < 1.29 is 16.0 Å². The van der Waals surface area contributed by atoms with Gasteiger partial charge in [-0.1, -0.05) is 24.3 Å². The predicted molar refractivity (Wildman–Crippen MR) is 77.5 cm³/mol. The van der Waals surface area contributed by atoms with E-state index in [9.17, 15) is 16.0 Å². The number of benzene rings is 2. The van der Waals surface area contributed by atoms with Gasteiger partial charge in [-0.15, -0.1) is 12.3 Å². The van der Waals surface area contributed by atoms with Crippen LogP contribution in [-0.2, 0) is 12.6 Å². The van der Waals surface area contributed by atoms with E-state index in [4.69, 9.17) is 6.42 Å². The van der Waals surface area contributed by atoms with Gasteiger partial charge in [0.2, 0.25) is 0 Å². The third-order valence-corrected chi connectivity index (χ3v) is 4.73. The highest BCUT2D eigenvalue weighted by atomic mass is 127. The molecule has 0 aliphatic rings. The number of hydrogen-bond acceptors (Lipinski definition) is 3. The summed E-state index contributed by atoms with van der Waals surface area (Å²) >= 11 is -3.96. The Labute approximate surface area is 116 Å². The van der Waals surface area contributed by atoms with Gasteiger partial charge in [-0.25, -0.2) is 10.9 Å². The lowest BCUT2D eigenvalue weighted by molar-refractivity contribution is 0.0695. The summed E-state index contributed by atoms with van der Waals surface area (Å²) in [6.45, 7) is 0. The van der Waals surface area contributed by atoms with Gasteiger partial charge in [0.15, 0.2) is 0 Å². The van der Waals surface area contributed by atoms with E-state index in [1.807, 2.05) is 0 Å². The van der Waals surface area contributed by atoms with Crippen molar-refractivity contribution in [2.45, 2.75) is 6.42 Å². The van der Waals surface area contributed by atoms with Crippen LogP contribution >= 0.6 is 19.8 Å². The van der Waals surface area contributed by atoms with Gasteiger partial charge in [0.25, 0.3) is 0 Å². The molecule has 0 amide bonds. The van der Waals surface area contributed by atoms with Crippen molar-refractivity contribution in [3.05, 3.63) is 45.0 Å². The van der Waals surface area contributed by atoms with Gasteiger partial charge < -0.3 is 5.11 Å². The molecule has 0 heterocycles. The first kappa shape index (κ1) is 13.5. The van der Waals surface area contributed by atoms with Crippen LogP contribution in [0.4, 0.5) is 0 Å². The molecule has 1 N–H and O–H groups in total. The van der Waals surface area contributed by atoms with Gasteiger partial charge >= 0.3 is 25.8 Å². The molecule has 96 valence electrons. The minimum absolute atomic E-state index is 0.0833. The molecule has 19 heavy (non-hydrogen) atoms. The third-order valence-electron chi connectivity index (χ3n) is 2.73. The number of carboxylic acids is 1. The van der Waals surface area contributed by atoms with Crippen LogP contribution in [0, 0.1) is 15.9 Å². The molecule has 0 saturated heterocycles. The van der Waals surface area contributed by atoms with Crippen LogP contribution in [0.5, 0.6) is 0 Å². The Bertz CT molecular complexity index is 774. The molecule has 0 spiro atoms. The van der Waals surface area contributed by atoms with E-state index in [-0.39, 0.29) is 15.6 Å². The molecule has 0 unspecified atom stereocenters. The minimum atomic E-state index is -3.96. The molecule has 0 fully saturated rings. The number of fused-ring (bicyclic) bond motifs is 1. The Balaban J connectivity index is 3.00. The zero-order chi connectivity index (χ0) is 14.0. The molecular formula is C14H9IO4. The van der Waals surface area contributed by atoms with E-state index in [2.05, 4.69) is 5.92 Å². The molecule has 2 rings (SSSR count). The standard InChI is InChI=1S/C14H9IO4/c1-2-5-10-8-9-6-3-4-7-11(9)13(15(18)19)12(10)14(16)17/h1,3-4,6-8H,5H2,(H,16,17). The summed E-state index contributed by atoms with van der Waals surface area (Å²) < 4.78 is 22.9. The van der Waals surface area contributed by atoms with Crippen LogP contribution < -0.4 is 0 Å². The Hall–Kier alpha value is -1.94. The van der Waals surface area contributed by atoms with Crippen molar-refractivity contribution in [3.8, 4) is 12.3 Å². The fraction of sp³-hybridized carbons (Fsp3) is 0.0714. The number of carbonyl (C=O) groups is 1. The van der Waals surface area contributed by atoms with Gasteiger partial charge in [0, 0.05) is 11.8 Å². The Morgan fingerprint density at radius 2 is 2.00 bits per heavy atom. The second kappa shape index (κ2) is 5.36. The zero-order valence-electron chi connectivity index (χ0n) is 9.72. The van der Waals surface area contributed by atoms with Crippen LogP contribution in [0.15, 0.2) is 30.3 Å². The summed E-state index contributed by atoms with van der Waals surface area (Å²) in [7, 11) is 0. The number of terminal acetylenes is 1. The summed E-state index contributed by atoms with van der Waals surface area (Å²) in [6.07, 6.45) is 5.30. The molecule has 2 aromatic carbocycles. The fourth-order valence-corrected chi connectivity index (χ4v) is 3.98. The van der Waals surface area contributed by atoms with E-state index < -0.39 is 25.8 Å². The van der Waals surface area contributed by atoms with Gasteiger partial charge in [0.1, 0.15) is 0 Å². The number of hydrogen-bond donors (Lipinski definition) is 1. The number of rotatable bonds is 3. The normalized spacial score (nSPS) is 10.5. The fourth-order valence-electron chi connectivity index (χ4n) is 2.00. The molecule has 0 atom stereocenters. The predicted octanol–water partition coefficient (Wildman–Crippen LogP) is 3.08. The van der Waals surface area contributed by atoms with E-state index in [1.54, 1.807) is 30.3 Å². The smallest absolute Gasteiger partial charge is 0.342 e. The number of aromatic carboxylic acids is 1. The molecule has 2 aromatic rings. The largest absolute Gasteiger partial charge is 0.478 e. The van der Waals surface area contributed by atoms with Gasteiger partial charge in [-0.2, -0.15) is 0 Å². The highest BCUT2D eigenvalue weighted by Gasteiger charge is 2.21. The molecule has 0 aliphatic carbocycles. The van der Waals surface area contributed by atoms with Crippen LogP contribution in [0.25, 0.3) is 10.8 Å². The molecular weight excluding hydrogens is 359 g/mol. The van der Waals surface area contributed by atoms with Gasteiger partial charge in [-0.05, 0) is 17.0 Å². The summed E-state index contributed by atoms with van der Waals surface area (Å²) in [5, 5.41) is 10.4. The van der Waals surface area contributed by atoms with Crippen molar-refractivity contribution in [2.75, 3.05) is 0 Å². The van der Waals surface area contributed by atoms with Crippen LogP contribution in [-0.4, -0.2) is 11.1 Å². The van der Waals surface area contributed by atoms with Crippen molar-refractivity contribution in [3.63, 3.8) is 0 Å². The van der Waals surface area contributed by atoms with Crippen LogP contribution in [0.2, 0.25) is 0 Å². The Morgan fingerprint density at radius 3 is 2.58 bits per heavy atom. The Morgan fingerprint density at radius 1 is 1.32 bits per heavy atom. The average Bonchev–Trinajstić information content (AvgIpc) is 2.37. The molecule has 4 nitrogen and oxygen atoms in total. The molecule has 0 bridgehead atoms. The maximum absolute atomic E-state index is 11.5. The lowest BCUT2D eigenvalue weighted by Crippen LogP contribution is -2.06. The van der Waals surface area contributed by atoms with Crippen molar-refractivity contribution in [1.82, 2.24) is 0 Å². The highest BCUT2D eigenvalue weighted by Crippen LogP contribution is 2.33. The first-order valence-electron chi connectivity index (χ1n) is 5.33. The SMILES string of the molecule is C#CCc1cc2ccccc2c(I(=O)=O)c1C(=O)O. The third kappa shape index (κ3) is 2.44. The van der Waals surface area contributed by atoms with Gasteiger partial charge in [0.05, 0.1) is 9.13 Å². The minimum Gasteiger partial charge on any atom is -0.478 e. The van der Waals surface area contributed by atoms with Crippen LogP contribution in [0.3, 0.4) is 0 Å². The summed E-state index contributed by atoms with van der Waals surface area (Å²) in [5.74, 6) is 1.10. The highest BCUT2D eigenvalue weighted by molar-refractivity contribution is 14.2. The summed E-state index contributed by atoms with van der Waals surface area (Å²) in [4.78, 5) is 11.3.